The number of rotatable bonds is 6. The fraction of sp³-hybridized carbons (Fsp3) is 0.667. The maximum Gasteiger partial charge on any atom is 0.331 e. The van der Waals surface area contributed by atoms with Crippen LogP contribution >= 0.6 is 0 Å². The Bertz CT molecular complexity index is 1400. The summed E-state index contributed by atoms with van der Waals surface area (Å²) in [5, 5.41) is 57.5. The van der Waals surface area contributed by atoms with Crippen LogP contribution in [0.15, 0.2) is 48.1 Å². The van der Waals surface area contributed by atoms with E-state index in [0.717, 1.165) is 11.1 Å². The Labute approximate surface area is 270 Å². The molecule has 1 heterocycles. The number of hydrogen-bond donors (Lipinski definition) is 5. The lowest BCUT2D eigenvalue weighted by Crippen LogP contribution is -2.78. The number of ketones is 1. The molecule has 0 amide bonds. The third kappa shape index (κ3) is 4.86. The standard InChI is InChI=1S/C36H48O10/c1-21-31(40)26(38)19-30(44-21)45-25-13-14-32(3)24(18-25)12-15-35(42)27(32)20-28(46-29(39)11-10-23-8-6-5-7-9-23)33(4)34(41,22(2)37)16-17-36(33,35)43/h5-12,21,25-28,30-31,38,40-43H,13-20H2,1-4H3/b11-10+/t21-,25+,26+,27-,28-,30+,31-,32+,33-,34-,35+,36-/m1/s1. The van der Waals surface area contributed by atoms with Gasteiger partial charge in [0.25, 0.3) is 0 Å². The summed E-state index contributed by atoms with van der Waals surface area (Å²) in [5.41, 5.74) is -6.05. The van der Waals surface area contributed by atoms with E-state index in [0.29, 0.717) is 19.3 Å². The van der Waals surface area contributed by atoms with Gasteiger partial charge in [0.2, 0.25) is 0 Å². The molecule has 12 atom stereocenters. The summed E-state index contributed by atoms with van der Waals surface area (Å²) in [7, 11) is 0. The van der Waals surface area contributed by atoms with Gasteiger partial charge < -0.3 is 39.7 Å². The van der Waals surface area contributed by atoms with E-state index >= 15 is 0 Å². The quantitative estimate of drug-likeness (QED) is 0.178. The average Bonchev–Trinajstić information content (AvgIpc) is 3.25. The summed E-state index contributed by atoms with van der Waals surface area (Å²) >= 11 is 0. The topological polar surface area (TPSA) is 163 Å². The van der Waals surface area contributed by atoms with Crippen molar-refractivity contribution in [1.82, 2.24) is 0 Å². The van der Waals surface area contributed by atoms with Gasteiger partial charge in [-0.3, -0.25) is 4.79 Å². The van der Waals surface area contributed by atoms with Crippen molar-refractivity contribution in [2.24, 2.45) is 16.7 Å². The third-order valence-electron chi connectivity index (χ3n) is 12.6. The Morgan fingerprint density at radius 1 is 1.02 bits per heavy atom. The molecule has 46 heavy (non-hydrogen) atoms. The van der Waals surface area contributed by atoms with Gasteiger partial charge in [-0.25, -0.2) is 4.79 Å². The molecule has 6 rings (SSSR count). The van der Waals surface area contributed by atoms with E-state index in [-0.39, 0.29) is 38.2 Å². The van der Waals surface area contributed by atoms with E-state index in [1.807, 2.05) is 36.4 Å². The zero-order chi connectivity index (χ0) is 33.3. The second-order valence-corrected chi connectivity index (χ2v) is 14.8. The van der Waals surface area contributed by atoms with E-state index in [4.69, 9.17) is 14.2 Å². The van der Waals surface area contributed by atoms with Crippen molar-refractivity contribution < 1.29 is 49.3 Å². The SMILES string of the molecule is CC(=O)[C@]1(O)CC[C@@]2(O)[C@]1(C)[C@H](OC(=O)/C=C/c1ccccc1)C[C@@H]1[C@@]3(C)CC[C@H](O[C@H]4C[C@H](O)[C@H](O)[C@@H](C)O4)CC3=CC[C@]12O. The molecule has 4 aliphatic carbocycles. The van der Waals surface area contributed by atoms with Crippen molar-refractivity contribution in [2.75, 3.05) is 0 Å². The Morgan fingerprint density at radius 3 is 2.41 bits per heavy atom. The third-order valence-corrected chi connectivity index (χ3v) is 12.6. The van der Waals surface area contributed by atoms with Crippen LogP contribution in [0, 0.1) is 16.7 Å². The summed E-state index contributed by atoms with van der Waals surface area (Å²) in [6, 6.07) is 9.27. The maximum atomic E-state index is 13.3. The van der Waals surface area contributed by atoms with Crippen molar-refractivity contribution in [3.63, 3.8) is 0 Å². The summed E-state index contributed by atoms with van der Waals surface area (Å²) in [6.45, 7) is 6.62. The van der Waals surface area contributed by atoms with Crippen LogP contribution in [-0.4, -0.2) is 90.9 Å². The predicted octanol–water partition coefficient (Wildman–Crippen LogP) is 2.98. The molecule has 0 unspecified atom stereocenters. The van der Waals surface area contributed by atoms with Crippen LogP contribution in [0.3, 0.4) is 0 Å². The second kappa shape index (κ2) is 11.6. The molecule has 0 bridgehead atoms. The van der Waals surface area contributed by atoms with E-state index in [9.17, 15) is 35.1 Å². The minimum Gasteiger partial charge on any atom is -0.458 e. The number of esters is 1. The normalized spacial score (nSPS) is 47.0. The fourth-order valence-electron chi connectivity index (χ4n) is 9.71. The van der Waals surface area contributed by atoms with Gasteiger partial charge in [0.1, 0.15) is 29.0 Å². The monoisotopic (exact) mass is 640 g/mol. The van der Waals surface area contributed by atoms with Gasteiger partial charge in [-0.2, -0.15) is 0 Å². The Hall–Kier alpha value is -2.44. The first-order valence-electron chi connectivity index (χ1n) is 16.6. The number of aliphatic hydroxyl groups excluding tert-OH is 2. The van der Waals surface area contributed by atoms with Crippen molar-refractivity contribution >= 4 is 17.8 Å². The molecule has 10 nitrogen and oxygen atoms in total. The fourth-order valence-corrected chi connectivity index (χ4v) is 9.71. The first-order chi connectivity index (χ1) is 21.6. The molecule has 1 aromatic carbocycles. The number of aliphatic hydroxyl groups is 5. The maximum absolute atomic E-state index is 13.3. The van der Waals surface area contributed by atoms with E-state index in [1.54, 1.807) is 19.9 Å². The van der Waals surface area contributed by atoms with Crippen LogP contribution in [0.2, 0.25) is 0 Å². The molecule has 252 valence electrons. The van der Waals surface area contributed by atoms with Gasteiger partial charge >= 0.3 is 5.97 Å². The molecule has 1 aliphatic heterocycles. The minimum absolute atomic E-state index is 0.0309. The van der Waals surface area contributed by atoms with E-state index < -0.39 is 76.0 Å². The highest BCUT2D eigenvalue weighted by atomic mass is 16.7. The molecular weight excluding hydrogens is 592 g/mol. The van der Waals surface area contributed by atoms with Crippen molar-refractivity contribution in [1.29, 1.82) is 0 Å². The van der Waals surface area contributed by atoms with Crippen molar-refractivity contribution in [3.05, 3.63) is 53.6 Å². The molecule has 0 spiro atoms. The average molecular weight is 641 g/mol. The number of fused-ring (bicyclic) bond motifs is 5. The molecule has 5 aliphatic rings. The van der Waals surface area contributed by atoms with Gasteiger partial charge in [0.15, 0.2) is 12.1 Å². The molecule has 5 N–H and O–H groups in total. The van der Waals surface area contributed by atoms with Gasteiger partial charge in [-0.1, -0.05) is 48.9 Å². The molecule has 1 aromatic rings. The number of Topliss-reactive ketones (excluding diaryl/α,β-unsaturated/α-hetero) is 1. The summed E-state index contributed by atoms with van der Waals surface area (Å²) in [5.74, 6) is -1.75. The van der Waals surface area contributed by atoms with Crippen LogP contribution in [-0.2, 0) is 23.8 Å². The first-order valence-corrected chi connectivity index (χ1v) is 16.6. The van der Waals surface area contributed by atoms with Gasteiger partial charge in [0, 0.05) is 18.4 Å². The van der Waals surface area contributed by atoms with Gasteiger partial charge in [-0.15, -0.1) is 0 Å². The molecular formula is C36H48O10. The second-order valence-electron chi connectivity index (χ2n) is 14.8. The van der Waals surface area contributed by atoms with E-state index in [1.165, 1.54) is 13.0 Å². The highest BCUT2D eigenvalue weighted by molar-refractivity contribution is 5.88. The Balaban J connectivity index is 1.30. The largest absolute Gasteiger partial charge is 0.458 e. The van der Waals surface area contributed by atoms with Crippen molar-refractivity contribution in [2.45, 2.75) is 133 Å². The summed E-state index contributed by atoms with van der Waals surface area (Å²) in [6.07, 6.45) is 2.56. The first kappa shape index (κ1) is 33.5. The lowest BCUT2D eigenvalue weighted by molar-refractivity contribution is -0.315. The van der Waals surface area contributed by atoms with Crippen molar-refractivity contribution in [3.8, 4) is 0 Å². The highest BCUT2D eigenvalue weighted by Gasteiger charge is 2.81. The predicted molar refractivity (Wildman–Crippen MR) is 167 cm³/mol. The smallest absolute Gasteiger partial charge is 0.331 e. The summed E-state index contributed by atoms with van der Waals surface area (Å²) in [4.78, 5) is 26.4. The van der Waals surface area contributed by atoms with Crippen LogP contribution in [0.5, 0.6) is 0 Å². The molecule has 0 aromatic heterocycles. The van der Waals surface area contributed by atoms with Gasteiger partial charge in [-0.05, 0) is 82.8 Å². The molecule has 3 saturated carbocycles. The van der Waals surface area contributed by atoms with Crippen LogP contribution < -0.4 is 0 Å². The van der Waals surface area contributed by atoms with E-state index in [2.05, 4.69) is 6.92 Å². The number of carbonyl (C=O) groups excluding carboxylic acids is 2. The molecule has 4 fully saturated rings. The number of benzene rings is 1. The zero-order valence-corrected chi connectivity index (χ0v) is 27.1. The number of ether oxygens (including phenoxy) is 3. The van der Waals surface area contributed by atoms with Crippen LogP contribution in [0.4, 0.5) is 0 Å². The number of hydrogen-bond acceptors (Lipinski definition) is 10. The minimum atomic E-state index is -2.01. The van der Waals surface area contributed by atoms with Gasteiger partial charge in [0.05, 0.1) is 23.7 Å². The lowest BCUT2D eigenvalue weighted by Gasteiger charge is -2.67. The molecule has 1 saturated heterocycles. The highest BCUT2D eigenvalue weighted by Crippen LogP contribution is 2.71. The Kier molecular flexibility index (Phi) is 8.45. The zero-order valence-electron chi connectivity index (χ0n) is 27.1. The lowest BCUT2D eigenvalue weighted by atomic mass is 9.42. The summed E-state index contributed by atoms with van der Waals surface area (Å²) < 4.78 is 18.2. The van der Waals surface area contributed by atoms with Crippen LogP contribution in [0.1, 0.15) is 84.6 Å². The Morgan fingerprint density at radius 2 is 1.74 bits per heavy atom. The number of carbonyl (C=O) groups is 2. The molecule has 10 heteroatoms. The van der Waals surface area contributed by atoms with Crippen LogP contribution in [0.25, 0.3) is 6.08 Å². The molecule has 0 radical (unpaired) electrons.